The first kappa shape index (κ1) is 8.02. The van der Waals surface area contributed by atoms with Gasteiger partial charge in [0, 0.05) is 6.04 Å². The second-order valence-electron chi connectivity index (χ2n) is 3.66. The largest absolute Gasteiger partial charge is 0.271 e. The van der Waals surface area contributed by atoms with E-state index in [0.29, 0.717) is 11.5 Å². The molecule has 10 heavy (non-hydrogen) atoms. The van der Waals surface area contributed by atoms with Gasteiger partial charge in [0.1, 0.15) is 0 Å². The number of nitrogens with one attached hydrogen (secondary N) is 1. The molecule has 1 aliphatic carbocycles. The van der Waals surface area contributed by atoms with Crippen LogP contribution < -0.4 is 11.3 Å². The van der Waals surface area contributed by atoms with Crippen molar-refractivity contribution in [3.8, 4) is 0 Å². The topological polar surface area (TPSA) is 38.0 Å². The molecule has 1 aliphatic rings. The second kappa shape index (κ2) is 2.89. The zero-order valence-corrected chi connectivity index (χ0v) is 6.98. The van der Waals surface area contributed by atoms with Crippen LogP contribution in [0, 0.1) is 5.41 Å². The monoisotopic (exact) mass is 142 g/mol. The third kappa shape index (κ3) is 1.50. The zero-order valence-electron chi connectivity index (χ0n) is 6.98. The minimum Gasteiger partial charge on any atom is -0.271 e. The van der Waals surface area contributed by atoms with Gasteiger partial charge in [0.05, 0.1) is 0 Å². The van der Waals surface area contributed by atoms with Gasteiger partial charge in [-0.05, 0) is 24.7 Å². The lowest BCUT2D eigenvalue weighted by atomic mass is 9.95. The highest BCUT2D eigenvalue weighted by molar-refractivity contribution is 4.97. The summed E-state index contributed by atoms with van der Waals surface area (Å²) < 4.78 is 0. The molecule has 0 saturated heterocycles. The van der Waals surface area contributed by atoms with Gasteiger partial charge in [-0.3, -0.25) is 11.3 Å². The molecule has 2 nitrogen and oxygen atoms in total. The Bertz CT molecular complexity index is 108. The number of hydrogen-bond acceptors (Lipinski definition) is 2. The van der Waals surface area contributed by atoms with E-state index in [2.05, 4.69) is 19.3 Å². The van der Waals surface area contributed by atoms with Gasteiger partial charge in [-0.15, -0.1) is 0 Å². The van der Waals surface area contributed by atoms with E-state index in [1.165, 1.54) is 25.7 Å². The van der Waals surface area contributed by atoms with E-state index < -0.39 is 0 Å². The van der Waals surface area contributed by atoms with Crippen LogP contribution >= 0.6 is 0 Å². The highest BCUT2D eigenvalue weighted by atomic mass is 15.2. The van der Waals surface area contributed by atoms with Gasteiger partial charge in [0.15, 0.2) is 0 Å². The summed E-state index contributed by atoms with van der Waals surface area (Å²) in [6.45, 7) is 4.52. The first-order valence-corrected chi connectivity index (χ1v) is 4.19. The van der Waals surface area contributed by atoms with Gasteiger partial charge >= 0.3 is 0 Å². The molecule has 1 saturated carbocycles. The average molecular weight is 142 g/mol. The van der Waals surface area contributed by atoms with Crippen molar-refractivity contribution in [1.82, 2.24) is 5.43 Å². The zero-order chi connectivity index (χ0) is 7.61. The van der Waals surface area contributed by atoms with Gasteiger partial charge in [-0.1, -0.05) is 20.3 Å². The summed E-state index contributed by atoms with van der Waals surface area (Å²) in [4.78, 5) is 0. The fourth-order valence-electron chi connectivity index (χ4n) is 1.47. The summed E-state index contributed by atoms with van der Waals surface area (Å²) in [5, 5.41) is 0. The maximum Gasteiger partial charge on any atom is 0.0264 e. The fourth-order valence-corrected chi connectivity index (χ4v) is 1.47. The van der Waals surface area contributed by atoms with Crippen molar-refractivity contribution in [1.29, 1.82) is 0 Å². The predicted molar refractivity (Wildman–Crippen MR) is 43.4 cm³/mol. The summed E-state index contributed by atoms with van der Waals surface area (Å²) in [5.41, 5.74) is 3.44. The minimum atomic E-state index is 0.532. The summed E-state index contributed by atoms with van der Waals surface area (Å²) in [6.07, 6.45) is 5.14. The number of rotatable bonds is 4. The third-order valence-corrected chi connectivity index (χ3v) is 2.66. The Morgan fingerprint density at radius 1 is 1.60 bits per heavy atom. The van der Waals surface area contributed by atoms with Crippen LogP contribution in [-0.4, -0.2) is 6.04 Å². The maximum absolute atomic E-state index is 5.43. The Labute approximate surface area is 63.1 Å². The molecule has 0 bridgehead atoms. The normalized spacial score (nSPS) is 24.3. The van der Waals surface area contributed by atoms with Crippen LogP contribution in [0.15, 0.2) is 0 Å². The predicted octanol–water partition coefficient (Wildman–Crippen LogP) is 1.42. The van der Waals surface area contributed by atoms with E-state index >= 15 is 0 Å². The Balaban J connectivity index is 2.33. The van der Waals surface area contributed by atoms with Crippen LogP contribution in [0.1, 0.15) is 39.5 Å². The maximum atomic E-state index is 5.43. The van der Waals surface area contributed by atoms with Gasteiger partial charge in [-0.25, -0.2) is 0 Å². The molecule has 0 aliphatic heterocycles. The molecular weight excluding hydrogens is 124 g/mol. The summed E-state index contributed by atoms with van der Waals surface area (Å²) in [7, 11) is 0. The first-order valence-electron chi connectivity index (χ1n) is 4.19. The molecule has 0 aromatic heterocycles. The molecule has 60 valence electrons. The fraction of sp³-hybridized carbons (Fsp3) is 1.00. The minimum absolute atomic E-state index is 0.532. The molecule has 0 aromatic rings. The average Bonchev–Trinajstić information content (AvgIpc) is 2.64. The van der Waals surface area contributed by atoms with Gasteiger partial charge in [0.25, 0.3) is 0 Å². The molecule has 1 atom stereocenters. The quantitative estimate of drug-likeness (QED) is 0.460. The number of hydrogen-bond donors (Lipinski definition) is 2. The van der Waals surface area contributed by atoms with Crippen molar-refractivity contribution < 1.29 is 0 Å². The van der Waals surface area contributed by atoms with E-state index in [4.69, 9.17) is 5.84 Å². The van der Waals surface area contributed by atoms with E-state index in [0.717, 1.165) is 0 Å². The van der Waals surface area contributed by atoms with Crippen molar-refractivity contribution in [3.63, 3.8) is 0 Å². The van der Waals surface area contributed by atoms with Crippen LogP contribution in [0.2, 0.25) is 0 Å². The lowest BCUT2D eigenvalue weighted by Crippen LogP contribution is -2.40. The smallest absolute Gasteiger partial charge is 0.0264 e. The van der Waals surface area contributed by atoms with Gasteiger partial charge in [-0.2, -0.15) is 0 Å². The highest BCUT2D eigenvalue weighted by Crippen LogP contribution is 2.48. The second-order valence-corrected chi connectivity index (χ2v) is 3.66. The highest BCUT2D eigenvalue weighted by Gasteiger charge is 2.43. The van der Waals surface area contributed by atoms with Crippen molar-refractivity contribution in [2.75, 3.05) is 0 Å². The van der Waals surface area contributed by atoms with Crippen molar-refractivity contribution in [3.05, 3.63) is 0 Å². The molecule has 3 N–H and O–H groups in total. The summed E-state index contributed by atoms with van der Waals surface area (Å²) in [5.74, 6) is 5.43. The van der Waals surface area contributed by atoms with Crippen LogP contribution in [0.5, 0.6) is 0 Å². The van der Waals surface area contributed by atoms with E-state index in [9.17, 15) is 0 Å². The molecule has 0 radical (unpaired) electrons. The first-order chi connectivity index (χ1) is 4.73. The molecule has 1 unspecified atom stereocenters. The standard InChI is InChI=1S/C8H18N2/c1-3-4-7(10-9)8(2)5-6-8/h7,10H,3-6,9H2,1-2H3. The molecule has 0 aromatic carbocycles. The molecule has 1 rings (SSSR count). The van der Waals surface area contributed by atoms with E-state index in [1.807, 2.05) is 0 Å². The Hall–Kier alpha value is -0.0800. The van der Waals surface area contributed by atoms with E-state index in [-0.39, 0.29) is 0 Å². The number of hydrazine groups is 1. The molecule has 0 amide bonds. The van der Waals surface area contributed by atoms with Crippen LogP contribution in [0.3, 0.4) is 0 Å². The molecule has 0 heterocycles. The van der Waals surface area contributed by atoms with Crippen molar-refractivity contribution >= 4 is 0 Å². The lowest BCUT2D eigenvalue weighted by molar-refractivity contribution is 0.339. The lowest BCUT2D eigenvalue weighted by Gasteiger charge is -2.21. The Morgan fingerprint density at radius 2 is 2.20 bits per heavy atom. The summed E-state index contributed by atoms with van der Waals surface area (Å²) >= 11 is 0. The molecule has 0 spiro atoms. The van der Waals surface area contributed by atoms with Crippen LogP contribution in [-0.2, 0) is 0 Å². The number of nitrogens with two attached hydrogens (primary N) is 1. The van der Waals surface area contributed by atoms with E-state index in [1.54, 1.807) is 0 Å². The Morgan fingerprint density at radius 3 is 2.50 bits per heavy atom. The van der Waals surface area contributed by atoms with Gasteiger partial charge < -0.3 is 0 Å². The van der Waals surface area contributed by atoms with Crippen LogP contribution in [0.4, 0.5) is 0 Å². The van der Waals surface area contributed by atoms with Crippen molar-refractivity contribution in [2.24, 2.45) is 11.3 Å². The SMILES string of the molecule is CCCC(NN)C1(C)CC1. The molecule has 1 fully saturated rings. The van der Waals surface area contributed by atoms with Gasteiger partial charge in [0.2, 0.25) is 0 Å². The summed E-state index contributed by atoms with van der Waals surface area (Å²) in [6, 6.07) is 0.553. The molecular formula is C8H18N2. The Kier molecular flexibility index (Phi) is 2.32. The molecule has 2 heteroatoms. The third-order valence-electron chi connectivity index (χ3n) is 2.66. The van der Waals surface area contributed by atoms with Crippen LogP contribution in [0.25, 0.3) is 0 Å². The van der Waals surface area contributed by atoms with Crippen molar-refractivity contribution in [2.45, 2.75) is 45.6 Å².